The van der Waals surface area contributed by atoms with Crippen molar-refractivity contribution in [2.45, 2.75) is 38.8 Å². The molecule has 1 aromatic rings. The van der Waals surface area contributed by atoms with E-state index in [2.05, 4.69) is 5.32 Å². The van der Waals surface area contributed by atoms with Gasteiger partial charge in [0.25, 0.3) is 11.5 Å². The van der Waals surface area contributed by atoms with E-state index in [1.165, 1.54) is 0 Å². The molecule has 2 N–H and O–H groups in total. The van der Waals surface area contributed by atoms with Gasteiger partial charge >= 0.3 is 6.18 Å². The van der Waals surface area contributed by atoms with E-state index in [4.69, 9.17) is 11.6 Å². The third-order valence-corrected chi connectivity index (χ3v) is 3.14. The van der Waals surface area contributed by atoms with Crippen LogP contribution >= 0.6 is 11.6 Å². The summed E-state index contributed by atoms with van der Waals surface area (Å²) in [5, 5.41) is 1.78. The number of amides is 1. The Morgan fingerprint density at radius 3 is 2.57 bits per heavy atom. The molecule has 0 aliphatic rings. The van der Waals surface area contributed by atoms with Gasteiger partial charge in [0.1, 0.15) is 11.3 Å². The number of halogens is 4. The fourth-order valence-corrected chi connectivity index (χ4v) is 1.99. The Morgan fingerprint density at radius 1 is 1.33 bits per heavy atom. The molecule has 0 spiro atoms. The molecular formula is C13H16ClF3N2O2. The summed E-state index contributed by atoms with van der Waals surface area (Å²) < 4.78 is 37.6. The van der Waals surface area contributed by atoms with E-state index in [1.54, 1.807) is 4.98 Å². The number of carbonyl (C=O) groups is 1. The van der Waals surface area contributed by atoms with E-state index in [0.29, 0.717) is 6.54 Å². The highest BCUT2D eigenvalue weighted by atomic mass is 35.5. The van der Waals surface area contributed by atoms with Crippen molar-refractivity contribution in [2.75, 3.05) is 6.54 Å². The largest absolute Gasteiger partial charge is 0.432 e. The lowest BCUT2D eigenvalue weighted by Gasteiger charge is -2.10. The van der Waals surface area contributed by atoms with E-state index >= 15 is 0 Å². The SMILES string of the molecule is CCCCCCNC(=O)c1cc(Cl)c(C(F)(F)F)[nH]c1=O. The second-order valence-corrected chi connectivity index (χ2v) is 4.96. The molecule has 0 radical (unpaired) electrons. The van der Waals surface area contributed by atoms with Crippen molar-refractivity contribution in [3.05, 3.63) is 32.7 Å². The number of nitrogens with one attached hydrogen (secondary N) is 2. The van der Waals surface area contributed by atoms with Gasteiger partial charge in [0.2, 0.25) is 0 Å². The van der Waals surface area contributed by atoms with Gasteiger partial charge in [-0.15, -0.1) is 0 Å². The van der Waals surface area contributed by atoms with Crippen LogP contribution < -0.4 is 10.9 Å². The zero-order chi connectivity index (χ0) is 16.0. The Labute approximate surface area is 124 Å². The molecule has 1 heterocycles. The molecule has 0 aliphatic carbocycles. The van der Waals surface area contributed by atoms with Gasteiger partial charge < -0.3 is 10.3 Å². The van der Waals surface area contributed by atoms with Crippen molar-refractivity contribution in [3.8, 4) is 0 Å². The molecule has 4 nitrogen and oxygen atoms in total. The minimum Gasteiger partial charge on any atom is -0.352 e. The maximum Gasteiger partial charge on any atom is 0.432 e. The topological polar surface area (TPSA) is 62.0 Å². The average molecular weight is 325 g/mol. The molecule has 0 fully saturated rings. The predicted octanol–water partition coefficient (Wildman–Crippen LogP) is 3.36. The van der Waals surface area contributed by atoms with Crippen LogP contribution in [0.25, 0.3) is 0 Å². The zero-order valence-electron chi connectivity index (χ0n) is 11.4. The third-order valence-electron chi connectivity index (χ3n) is 2.84. The van der Waals surface area contributed by atoms with Crippen molar-refractivity contribution in [2.24, 2.45) is 0 Å². The monoisotopic (exact) mass is 324 g/mol. The molecule has 1 amide bonds. The number of rotatable bonds is 6. The molecule has 118 valence electrons. The Balaban J connectivity index is 2.78. The summed E-state index contributed by atoms with van der Waals surface area (Å²) in [5.41, 5.74) is -2.89. The van der Waals surface area contributed by atoms with Gasteiger partial charge in [0.05, 0.1) is 5.02 Å². The maximum absolute atomic E-state index is 12.5. The molecule has 1 aromatic heterocycles. The summed E-state index contributed by atoms with van der Waals surface area (Å²) in [6.07, 6.45) is -1.02. The van der Waals surface area contributed by atoms with Crippen LogP contribution in [-0.2, 0) is 6.18 Å². The summed E-state index contributed by atoms with van der Waals surface area (Å²) in [6.45, 7) is 2.40. The number of carbonyl (C=O) groups excluding carboxylic acids is 1. The Kier molecular flexibility index (Phi) is 6.26. The van der Waals surface area contributed by atoms with Crippen LogP contribution in [-0.4, -0.2) is 17.4 Å². The second kappa shape index (κ2) is 7.49. The first-order chi connectivity index (χ1) is 9.77. The van der Waals surface area contributed by atoms with Gasteiger partial charge in [-0.05, 0) is 12.5 Å². The summed E-state index contributed by atoms with van der Waals surface area (Å²) >= 11 is 5.46. The van der Waals surface area contributed by atoms with Gasteiger partial charge in [-0.2, -0.15) is 13.2 Å². The molecule has 0 saturated carbocycles. The van der Waals surface area contributed by atoms with Gasteiger partial charge in [0.15, 0.2) is 0 Å². The lowest BCUT2D eigenvalue weighted by molar-refractivity contribution is -0.141. The summed E-state index contributed by atoms with van der Waals surface area (Å²) in [7, 11) is 0. The zero-order valence-corrected chi connectivity index (χ0v) is 12.2. The first-order valence-corrected chi connectivity index (χ1v) is 6.93. The molecule has 0 atom stereocenters. The lowest BCUT2D eigenvalue weighted by atomic mass is 10.2. The second-order valence-electron chi connectivity index (χ2n) is 4.55. The van der Waals surface area contributed by atoms with Crippen molar-refractivity contribution in [1.29, 1.82) is 0 Å². The van der Waals surface area contributed by atoms with Gasteiger partial charge in [-0.25, -0.2) is 0 Å². The van der Waals surface area contributed by atoms with E-state index in [1.807, 2.05) is 6.92 Å². The van der Waals surface area contributed by atoms with Crippen molar-refractivity contribution in [1.82, 2.24) is 10.3 Å². The van der Waals surface area contributed by atoms with Crippen LogP contribution in [0.1, 0.15) is 48.7 Å². The molecular weight excluding hydrogens is 309 g/mol. The first-order valence-electron chi connectivity index (χ1n) is 6.55. The predicted molar refractivity (Wildman–Crippen MR) is 73.5 cm³/mol. The number of hydrogen-bond acceptors (Lipinski definition) is 2. The normalized spacial score (nSPS) is 11.5. The van der Waals surface area contributed by atoms with Gasteiger partial charge in [-0.1, -0.05) is 37.8 Å². The summed E-state index contributed by atoms with van der Waals surface area (Å²) in [5.74, 6) is -0.733. The summed E-state index contributed by atoms with van der Waals surface area (Å²) in [4.78, 5) is 24.9. The lowest BCUT2D eigenvalue weighted by Crippen LogP contribution is -2.31. The van der Waals surface area contributed by atoms with Gasteiger partial charge in [-0.3, -0.25) is 9.59 Å². The fraction of sp³-hybridized carbons (Fsp3) is 0.538. The van der Waals surface area contributed by atoms with Crippen LogP contribution in [0.3, 0.4) is 0 Å². The molecule has 8 heteroatoms. The standard InChI is InChI=1S/C13H16ClF3N2O2/c1-2-3-4-5-6-18-11(20)8-7-9(14)10(13(15,16)17)19-12(8)21/h7H,2-6H2,1H3,(H,18,20)(H,19,21). The van der Waals surface area contributed by atoms with Gasteiger partial charge in [0, 0.05) is 6.54 Å². The number of aromatic nitrogens is 1. The number of alkyl halides is 3. The number of H-pyrrole nitrogens is 1. The first kappa shape index (κ1) is 17.6. The van der Waals surface area contributed by atoms with E-state index in [-0.39, 0.29) is 0 Å². The summed E-state index contributed by atoms with van der Waals surface area (Å²) in [6, 6.07) is 0.741. The minimum absolute atomic E-state index is 0.358. The van der Waals surface area contributed by atoms with Crippen LogP contribution in [0, 0.1) is 0 Å². The number of pyridine rings is 1. The molecule has 0 aliphatic heterocycles. The Morgan fingerprint density at radius 2 is 2.00 bits per heavy atom. The van der Waals surface area contributed by atoms with Crippen LogP contribution in [0.4, 0.5) is 13.2 Å². The highest BCUT2D eigenvalue weighted by molar-refractivity contribution is 6.31. The number of aromatic amines is 1. The fourth-order valence-electron chi connectivity index (χ4n) is 1.73. The van der Waals surface area contributed by atoms with Crippen LogP contribution in [0.5, 0.6) is 0 Å². The number of unbranched alkanes of at least 4 members (excludes halogenated alkanes) is 3. The highest BCUT2D eigenvalue weighted by Gasteiger charge is 2.35. The Bertz CT molecular complexity index is 555. The highest BCUT2D eigenvalue weighted by Crippen LogP contribution is 2.32. The molecule has 0 unspecified atom stereocenters. The maximum atomic E-state index is 12.5. The quantitative estimate of drug-likeness (QED) is 0.788. The van der Waals surface area contributed by atoms with Crippen LogP contribution in [0.15, 0.2) is 10.9 Å². The van der Waals surface area contributed by atoms with E-state index in [0.717, 1.165) is 31.7 Å². The van der Waals surface area contributed by atoms with Crippen molar-refractivity contribution in [3.63, 3.8) is 0 Å². The van der Waals surface area contributed by atoms with Crippen molar-refractivity contribution >= 4 is 17.5 Å². The molecule has 1 rings (SSSR count). The molecule has 21 heavy (non-hydrogen) atoms. The van der Waals surface area contributed by atoms with Crippen LogP contribution in [0.2, 0.25) is 5.02 Å². The smallest absolute Gasteiger partial charge is 0.352 e. The number of hydrogen-bond donors (Lipinski definition) is 2. The molecule has 0 saturated heterocycles. The third kappa shape index (κ3) is 5.08. The minimum atomic E-state index is -4.77. The average Bonchev–Trinajstić information content (AvgIpc) is 2.39. The molecule has 0 bridgehead atoms. The van der Waals surface area contributed by atoms with Crippen molar-refractivity contribution < 1.29 is 18.0 Å². The molecule has 0 aromatic carbocycles. The Hall–Kier alpha value is -1.50. The van der Waals surface area contributed by atoms with E-state index < -0.39 is 33.9 Å². The van der Waals surface area contributed by atoms with E-state index in [9.17, 15) is 22.8 Å².